The van der Waals surface area contributed by atoms with E-state index in [2.05, 4.69) is 62.6 Å². The molecule has 3 rings (SSSR count). The van der Waals surface area contributed by atoms with Gasteiger partial charge in [0.2, 0.25) is 0 Å². The first kappa shape index (κ1) is 20.0. The summed E-state index contributed by atoms with van der Waals surface area (Å²) in [6, 6.07) is 18.5. The maximum absolute atomic E-state index is 13.0. The van der Waals surface area contributed by atoms with Gasteiger partial charge in [-0.2, -0.15) is 0 Å². The fraction of sp³-hybridized carbons (Fsp3) is 0.435. The highest BCUT2D eigenvalue weighted by Crippen LogP contribution is 2.30. The number of amides is 1. The summed E-state index contributed by atoms with van der Waals surface area (Å²) in [6.07, 6.45) is 1.86. The molecule has 1 heterocycles. The molecule has 1 amide bonds. The Morgan fingerprint density at radius 1 is 1.00 bits per heavy atom. The van der Waals surface area contributed by atoms with Gasteiger partial charge in [-0.05, 0) is 58.2 Å². The number of carbonyl (C=O) groups excluding carboxylic acids is 1. The van der Waals surface area contributed by atoms with Crippen molar-refractivity contribution in [2.75, 3.05) is 0 Å². The second-order valence-corrected chi connectivity index (χ2v) is 9.76. The molecular weight excluding hydrogens is 352 g/mol. The van der Waals surface area contributed by atoms with E-state index >= 15 is 0 Å². The molecule has 1 aliphatic rings. The molecule has 4 heteroatoms. The third-order valence-corrected chi connectivity index (χ3v) is 6.04. The van der Waals surface area contributed by atoms with Crippen LogP contribution in [0.3, 0.4) is 0 Å². The lowest BCUT2D eigenvalue weighted by Gasteiger charge is -2.46. The van der Waals surface area contributed by atoms with Crippen LogP contribution in [0.2, 0.25) is 0 Å². The van der Waals surface area contributed by atoms with Crippen molar-refractivity contribution < 1.29 is 4.79 Å². The van der Waals surface area contributed by atoms with Gasteiger partial charge in [0.25, 0.3) is 5.91 Å². The monoisotopic (exact) mass is 382 g/mol. The second kappa shape index (κ2) is 8.07. The van der Waals surface area contributed by atoms with Crippen molar-refractivity contribution in [3.8, 4) is 0 Å². The lowest BCUT2D eigenvalue weighted by Crippen LogP contribution is -2.62. The summed E-state index contributed by atoms with van der Waals surface area (Å²) in [7, 11) is 0. The van der Waals surface area contributed by atoms with Crippen LogP contribution in [0.1, 0.15) is 56.5 Å². The quantitative estimate of drug-likeness (QED) is 0.714. The largest absolute Gasteiger partial charge is 0.349 e. The van der Waals surface area contributed by atoms with Crippen molar-refractivity contribution in [1.29, 1.82) is 0 Å². The Bertz CT molecular complexity index is 770. The van der Waals surface area contributed by atoms with Crippen LogP contribution in [-0.4, -0.2) is 23.0 Å². The first-order chi connectivity index (χ1) is 12.7. The summed E-state index contributed by atoms with van der Waals surface area (Å²) in [5, 5.41) is 6.96. The average molecular weight is 383 g/mol. The summed E-state index contributed by atoms with van der Waals surface area (Å²) in [5.41, 5.74) is 2.06. The molecule has 27 heavy (non-hydrogen) atoms. The van der Waals surface area contributed by atoms with Gasteiger partial charge in [-0.1, -0.05) is 42.5 Å². The molecular formula is C23H30N2OS. The fourth-order valence-corrected chi connectivity index (χ4v) is 5.21. The van der Waals surface area contributed by atoms with Gasteiger partial charge in [0.05, 0.1) is 5.56 Å². The van der Waals surface area contributed by atoms with Crippen LogP contribution >= 0.6 is 11.8 Å². The second-order valence-electron chi connectivity index (χ2n) is 8.74. The molecule has 144 valence electrons. The number of hydrogen-bond acceptors (Lipinski definition) is 3. The van der Waals surface area contributed by atoms with Gasteiger partial charge in [-0.3, -0.25) is 4.79 Å². The van der Waals surface area contributed by atoms with E-state index in [9.17, 15) is 4.79 Å². The minimum Gasteiger partial charge on any atom is -0.349 e. The van der Waals surface area contributed by atoms with E-state index in [-0.39, 0.29) is 23.0 Å². The van der Waals surface area contributed by atoms with Crippen LogP contribution in [0.4, 0.5) is 0 Å². The standard InChI is InChI=1S/C23H30N2OS/c1-22(2)14-18(15-23(3,4)25-22)24-21(26)19-12-8-9-13-20(19)27-16-17-10-6-5-7-11-17/h5-13,18,25H,14-16H2,1-4H3,(H,24,26). The van der Waals surface area contributed by atoms with Crippen LogP contribution in [-0.2, 0) is 5.75 Å². The van der Waals surface area contributed by atoms with E-state index in [0.29, 0.717) is 0 Å². The number of carbonyl (C=O) groups is 1. The van der Waals surface area contributed by atoms with Crippen molar-refractivity contribution in [3.63, 3.8) is 0 Å². The zero-order valence-electron chi connectivity index (χ0n) is 16.7. The van der Waals surface area contributed by atoms with Crippen molar-refractivity contribution in [3.05, 3.63) is 65.7 Å². The number of hydrogen-bond donors (Lipinski definition) is 2. The van der Waals surface area contributed by atoms with E-state index in [4.69, 9.17) is 0 Å². The Labute approximate surface area is 167 Å². The molecule has 0 bridgehead atoms. The zero-order valence-corrected chi connectivity index (χ0v) is 17.5. The Balaban J connectivity index is 1.70. The zero-order chi connectivity index (χ0) is 19.5. The summed E-state index contributed by atoms with van der Waals surface area (Å²) in [5.74, 6) is 0.892. The molecule has 2 aromatic rings. The van der Waals surface area contributed by atoms with Crippen molar-refractivity contribution in [2.45, 2.75) is 68.3 Å². The smallest absolute Gasteiger partial charge is 0.252 e. The van der Waals surface area contributed by atoms with E-state index in [0.717, 1.165) is 29.1 Å². The third kappa shape index (κ3) is 5.60. The summed E-state index contributed by atoms with van der Waals surface area (Å²) >= 11 is 1.72. The number of benzene rings is 2. The van der Waals surface area contributed by atoms with Gasteiger partial charge in [-0.25, -0.2) is 0 Å². The van der Waals surface area contributed by atoms with Gasteiger partial charge in [0.15, 0.2) is 0 Å². The van der Waals surface area contributed by atoms with Crippen LogP contribution in [0, 0.1) is 0 Å². The highest BCUT2D eigenvalue weighted by molar-refractivity contribution is 7.98. The minimum atomic E-state index is 0.0152. The lowest BCUT2D eigenvalue weighted by molar-refractivity contribution is 0.0870. The molecule has 1 fully saturated rings. The van der Waals surface area contributed by atoms with Crippen LogP contribution in [0.5, 0.6) is 0 Å². The average Bonchev–Trinajstić information content (AvgIpc) is 2.58. The first-order valence-corrected chi connectivity index (χ1v) is 10.6. The molecule has 0 saturated carbocycles. The van der Waals surface area contributed by atoms with E-state index in [1.165, 1.54) is 5.56 Å². The number of rotatable bonds is 5. The molecule has 3 nitrogen and oxygen atoms in total. The highest BCUT2D eigenvalue weighted by Gasteiger charge is 2.38. The summed E-state index contributed by atoms with van der Waals surface area (Å²) < 4.78 is 0. The molecule has 2 N–H and O–H groups in total. The normalized spacial score (nSPS) is 18.8. The fourth-order valence-electron chi connectivity index (χ4n) is 4.20. The maximum atomic E-state index is 13.0. The van der Waals surface area contributed by atoms with Crippen molar-refractivity contribution in [1.82, 2.24) is 10.6 Å². The molecule has 0 aliphatic carbocycles. The van der Waals surface area contributed by atoms with E-state index in [1.54, 1.807) is 11.8 Å². The first-order valence-electron chi connectivity index (χ1n) is 9.60. The summed E-state index contributed by atoms with van der Waals surface area (Å²) in [4.78, 5) is 14.1. The Morgan fingerprint density at radius 2 is 1.59 bits per heavy atom. The molecule has 0 radical (unpaired) electrons. The Kier molecular flexibility index (Phi) is 5.97. The predicted molar refractivity (Wildman–Crippen MR) is 114 cm³/mol. The molecule has 1 saturated heterocycles. The van der Waals surface area contributed by atoms with Crippen LogP contribution < -0.4 is 10.6 Å². The van der Waals surface area contributed by atoms with Gasteiger partial charge < -0.3 is 10.6 Å². The SMILES string of the molecule is CC1(C)CC(NC(=O)c2ccccc2SCc2ccccc2)CC(C)(C)N1. The number of thioether (sulfide) groups is 1. The third-order valence-electron chi connectivity index (χ3n) is 4.89. The minimum absolute atomic E-state index is 0.0152. The number of piperidine rings is 1. The molecule has 0 unspecified atom stereocenters. The van der Waals surface area contributed by atoms with Gasteiger partial charge in [0, 0.05) is 27.8 Å². The van der Waals surface area contributed by atoms with Crippen LogP contribution in [0.15, 0.2) is 59.5 Å². The van der Waals surface area contributed by atoms with Gasteiger partial charge in [-0.15, -0.1) is 11.8 Å². The molecule has 1 aliphatic heterocycles. The predicted octanol–water partition coefficient (Wildman–Crippen LogP) is 5.02. The van der Waals surface area contributed by atoms with Gasteiger partial charge in [0.1, 0.15) is 0 Å². The highest BCUT2D eigenvalue weighted by atomic mass is 32.2. The van der Waals surface area contributed by atoms with E-state index in [1.807, 2.05) is 30.3 Å². The maximum Gasteiger partial charge on any atom is 0.252 e. The van der Waals surface area contributed by atoms with E-state index < -0.39 is 0 Å². The molecule has 0 spiro atoms. The number of nitrogens with one attached hydrogen (secondary N) is 2. The topological polar surface area (TPSA) is 41.1 Å². The summed E-state index contributed by atoms with van der Waals surface area (Å²) in [6.45, 7) is 8.82. The molecule has 0 aromatic heterocycles. The van der Waals surface area contributed by atoms with Crippen molar-refractivity contribution in [2.24, 2.45) is 0 Å². The lowest BCUT2D eigenvalue weighted by atomic mass is 9.79. The van der Waals surface area contributed by atoms with Crippen LogP contribution in [0.25, 0.3) is 0 Å². The Morgan fingerprint density at radius 3 is 2.26 bits per heavy atom. The van der Waals surface area contributed by atoms with Gasteiger partial charge >= 0.3 is 0 Å². The molecule has 2 aromatic carbocycles. The molecule has 0 atom stereocenters. The van der Waals surface area contributed by atoms with Crippen molar-refractivity contribution >= 4 is 17.7 Å². The Hall–Kier alpha value is -1.78.